The molecule has 1 aliphatic rings. The molecule has 8 nitrogen and oxygen atoms in total. The number of ether oxygens (including phenoxy) is 1. The van der Waals surface area contributed by atoms with Gasteiger partial charge in [0, 0.05) is 12.6 Å². The van der Waals surface area contributed by atoms with Gasteiger partial charge in [-0.05, 0) is 52.2 Å². The van der Waals surface area contributed by atoms with Crippen molar-refractivity contribution in [2.75, 3.05) is 6.54 Å². The Morgan fingerprint density at radius 3 is 2.64 bits per heavy atom. The van der Waals surface area contributed by atoms with E-state index in [-0.39, 0.29) is 29.3 Å². The lowest BCUT2D eigenvalue weighted by atomic mass is 9.96. The van der Waals surface area contributed by atoms with Crippen LogP contribution < -0.4 is 11.3 Å². The molecule has 0 aliphatic carbocycles. The van der Waals surface area contributed by atoms with Crippen LogP contribution in [0.3, 0.4) is 0 Å². The van der Waals surface area contributed by atoms with E-state index in [1.807, 2.05) is 27.7 Å². The Hall–Kier alpha value is -2.77. The molecule has 1 saturated heterocycles. The van der Waals surface area contributed by atoms with Crippen LogP contribution in [-0.2, 0) is 4.74 Å². The summed E-state index contributed by atoms with van der Waals surface area (Å²) in [5.41, 5.74) is 5.42. The molecular weight excluding hydrogens is 360 g/mol. The first-order valence-corrected chi connectivity index (χ1v) is 9.65. The molecule has 1 fully saturated rings. The average molecular weight is 388 g/mol. The number of carbonyl (C=O) groups is 2. The lowest BCUT2D eigenvalue weighted by molar-refractivity contribution is 0.00413. The molecule has 2 aromatic rings. The predicted molar refractivity (Wildman–Crippen MR) is 106 cm³/mol. The smallest absolute Gasteiger partial charge is 0.410 e. The van der Waals surface area contributed by atoms with Crippen LogP contribution in [0.5, 0.6) is 0 Å². The highest BCUT2D eigenvalue weighted by molar-refractivity contribution is 6.05. The second-order valence-electron chi connectivity index (χ2n) is 8.29. The summed E-state index contributed by atoms with van der Waals surface area (Å²) < 4.78 is 7.10. The summed E-state index contributed by atoms with van der Waals surface area (Å²) in [6, 6.07) is 4.89. The molecule has 1 aromatic carbocycles. The Morgan fingerprint density at radius 1 is 1.32 bits per heavy atom. The van der Waals surface area contributed by atoms with Gasteiger partial charge in [-0.1, -0.05) is 13.0 Å². The summed E-state index contributed by atoms with van der Waals surface area (Å²) in [6.45, 7) is 8.06. The van der Waals surface area contributed by atoms with Crippen LogP contribution in [0.25, 0.3) is 10.9 Å². The number of rotatable bonds is 3. The van der Waals surface area contributed by atoms with Gasteiger partial charge < -0.3 is 15.4 Å². The zero-order chi connectivity index (χ0) is 20.6. The Kier molecular flexibility index (Phi) is 5.23. The minimum absolute atomic E-state index is 0.0254. The molecule has 3 N–H and O–H groups in total. The number of carbonyl (C=O) groups excluding carboxylic acids is 2. The normalized spacial score (nSPS) is 20.4. The number of benzene rings is 1. The summed E-state index contributed by atoms with van der Waals surface area (Å²) in [5, 5.41) is 3.43. The van der Waals surface area contributed by atoms with E-state index >= 15 is 0 Å². The SMILES string of the molecule is CCC1CC(n2[nH]c3cccc(C(N)=O)c3c2=O)CCN1C(=O)OC(C)(C)C. The van der Waals surface area contributed by atoms with Crippen LogP contribution >= 0.6 is 0 Å². The summed E-state index contributed by atoms with van der Waals surface area (Å²) in [7, 11) is 0. The number of primary amides is 1. The zero-order valence-electron chi connectivity index (χ0n) is 16.8. The average Bonchev–Trinajstić information content (AvgIpc) is 2.96. The van der Waals surface area contributed by atoms with E-state index in [1.165, 1.54) is 0 Å². The van der Waals surface area contributed by atoms with Gasteiger partial charge in [0.05, 0.1) is 22.5 Å². The van der Waals surface area contributed by atoms with E-state index in [1.54, 1.807) is 27.8 Å². The lowest BCUT2D eigenvalue weighted by Crippen LogP contribution is -2.49. The molecule has 2 amide bonds. The number of piperidine rings is 1. The van der Waals surface area contributed by atoms with Crippen molar-refractivity contribution in [2.45, 2.75) is 64.6 Å². The van der Waals surface area contributed by atoms with Crippen molar-refractivity contribution in [2.24, 2.45) is 5.73 Å². The van der Waals surface area contributed by atoms with Gasteiger partial charge in [-0.25, -0.2) is 9.48 Å². The molecule has 0 bridgehead atoms. The van der Waals surface area contributed by atoms with Crippen LogP contribution in [-0.4, -0.2) is 44.9 Å². The molecule has 1 aromatic heterocycles. The summed E-state index contributed by atoms with van der Waals surface area (Å²) in [4.78, 5) is 38.9. The van der Waals surface area contributed by atoms with E-state index < -0.39 is 11.5 Å². The van der Waals surface area contributed by atoms with Crippen LogP contribution in [0.4, 0.5) is 4.79 Å². The molecule has 0 radical (unpaired) electrons. The van der Waals surface area contributed by atoms with Gasteiger partial charge >= 0.3 is 6.09 Å². The first-order chi connectivity index (χ1) is 13.1. The first kappa shape index (κ1) is 20.0. The number of fused-ring (bicyclic) bond motifs is 1. The fourth-order valence-corrected chi connectivity index (χ4v) is 3.85. The number of H-pyrrole nitrogens is 1. The van der Waals surface area contributed by atoms with E-state index in [0.717, 1.165) is 6.42 Å². The van der Waals surface area contributed by atoms with Crippen molar-refractivity contribution in [1.82, 2.24) is 14.7 Å². The minimum Gasteiger partial charge on any atom is -0.444 e. The number of hydrogen-bond acceptors (Lipinski definition) is 4. The molecular formula is C20H28N4O4. The van der Waals surface area contributed by atoms with Gasteiger partial charge in [-0.3, -0.25) is 14.7 Å². The van der Waals surface area contributed by atoms with Crippen LogP contribution in [0.2, 0.25) is 0 Å². The Balaban J connectivity index is 1.88. The number of amides is 2. The maximum Gasteiger partial charge on any atom is 0.410 e. The molecule has 3 rings (SSSR count). The van der Waals surface area contributed by atoms with E-state index in [9.17, 15) is 14.4 Å². The second kappa shape index (κ2) is 7.33. The first-order valence-electron chi connectivity index (χ1n) is 9.65. The maximum atomic E-state index is 13.0. The van der Waals surface area contributed by atoms with Crippen molar-refractivity contribution >= 4 is 22.9 Å². The fourth-order valence-electron chi connectivity index (χ4n) is 3.85. The number of hydrogen-bond donors (Lipinski definition) is 2. The van der Waals surface area contributed by atoms with Gasteiger partial charge in [0.15, 0.2) is 0 Å². The molecule has 2 heterocycles. The van der Waals surface area contributed by atoms with Crippen LogP contribution in [0, 0.1) is 0 Å². The third-order valence-electron chi connectivity index (χ3n) is 5.16. The molecule has 2 unspecified atom stereocenters. The molecule has 152 valence electrons. The highest BCUT2D eigenvalue weighted by Crippen LogP contribution is 2.29. The number of nitrogens with zero attached hydrogens (tertiary/aromatic N) is 2. The van der Waals surface area contributed by atoms with E-state index in [0.29, 0.717) is 30.3 Å². The Labute approximate surface area is 163 Å². The van der Waals surface area contributed by atoms with Gasteiger partial charge in [0.25, 0.3) is 5.56 Å². The third kappa shape index (κ3) is 3.76. The van der Waals surface area contributed by atoms with Crippen molar-refractivity contribution < 1.29 is 14.3 Å². The van der Waals surface area contributed by atoms with Gasteiger partial charge in [-0.15, -0.1) is 0 Å². The number of nitrogens with two attached hydrogens (primary N) is 1. The Bertz CT molecular complexity index is 953. The largest absolute Gasteiger partial charge is 0.444 e. The van der Waals surface area contributed by atoms with Crippen molar-refractivity contribution in [3.05, 3.63) is 34.1 Å². The molecule has 1 aliphatic heterocycles. The Morgan fingerprint density at radius 2 is 2.04 bits per heavy atom. The molecule has 28 heavy (non-hydrogen) atoms. The molecule has 0 spiro atoms. The molecule has 2 atom stereocenters. The van der Waals surface area contributed by atoms with Crippen molar-refractivity contribution in [3.63, 3.8) is 0 Å². The summed E-state index contributed by atoms with van der Waals surface area (Å²) in [5.74, 6) is -0.625. The lowest BCUT2D eigenvalue weighted by Gasteiger charge is -2.39. The van der Waals surface area contributed by atoms with E-state index in [2.05, 4.69) is 5.10 Å². The van der Waals surface area contributed by atoms with Gasteiger partial charge in [0.2, 0.25) is 5.91 Å². The highest BCUT2D eigenvalue weighted by Gasteiger charge is 2.35. The number of aromatic nitrogens is 2. The molecule has 8 heteroatoms. The monoisotopic (exact) mass is 388 g/mol. The zero-order valence-corrected chi connectivity index (χ0v) is 16.8. The standard InChI is InChI=1S/C20H28N4O4/c1-5-12-11-13(9-10-23(12)19(27)28-20(2,3)4)24-18(26)16-14(17(21)25)7-6-8-15(16)22-24/h6-8,12-13,22H,5,9-11H2,1-4H3,(H2,21,25). The fraction of sp³-hybridized carbons (Fsp3) is 0.550. The van der Waals surface area contributed by atoms with Gasteiger partial charge in [0.1, 0.15) is 5.60 Å². The number of aromatic amines is 1. The quantitative estimate of drug-likeness (QED) is 0.842. The summed E-state index contributed by atoms with van der Waals surface area (Å²) >= 11 is 0. The van der Waals surface area contributed by atoms with Crippen molar-refractivity contribution in [1.29, 1.82) is 0 Å². The summed E-state index contributed by atoms with van der Waals surface area (Å²) in [6.07, 6.45) is 1.69. The number of nitrogens with one attached hydrogen (secondary N) is 1. The minimum atomic E-state index is -0.625. The third-order valence-corrected chi connectivity index (χ3v) is 5.16. The van der Waals surface area contributed by atoms with Crippen molar-refractivity contribution in [3.8, 4) is 0 Å². The maximum absolute atomic E-state index is 13.0. The predicted octanol–water partition coefficient (Wildman–Crippen LogP) is 2.78. The molecule has 0 saturated carbocycles. The topological polar surface area (TPSA) is 110 Å². The highest BCUT2D eigenvalue weighted by atomic mass is 16.6. The van der Waals surface area contributed by atoms with E-state index in [4.69, 9.17) is 10.5 Å². The number of likely N-dealkylation sites (tertiary alicyclic amines) is 1. The van der Waals surface area contributed by atoms with Crippen LogP contribution in [0.15, 0.2) is 23.0 Å². The van der Waals surface area contributed by atoms with Crippen LogP contribution in [0.1, 0.15) is 63.4 Å². The second-order valence-corrected chi connectivity index (χ2v) is 8.29. The van der Waals surface area contributed by atoms with Gasteiger partial charge in [-0.2, -0.15) is 0 Å².